The van der Waals surface area contributed by atoms with E-state index < -0.39 is 0 Å². The number of hydrogen-bond acceptors (Lipinski definition) is 7. The smallest absolute Gasteiger partial charge is 0.135 e. The van der Waals surface area contributed by atoms with E-state index in [9.17, 15) is 9.90 Å². The number of ether oxygens (including phenoxy) is 2. The lowest BCUT2D eigenvalue weighted by atomic mass is 9.78. The van der Waals surface area contributed by atoms with Crippen molar-refractivity contribution in [3.05, 3.63) is 17.8 Å². The molecule has 0 amide bonds. The highest BCUT2D eigenvalue weighted by Gasteiger charge is 2.29. The Morgan fingerprint density at radius 1 is 1.09 bits per heavy atom. The van der Waals surface area contributed by atoms with Crippen molar-refractivity contribution in [1.82, 2.24) is 9.88 Å². The van der Waals surface area contributed by atoms with Crippen molar-refractivity contribution >= 4 is 11.6 Å². The highest BCUT2D eigenvalue weighted by molar-refractivity contribution is 5.79. The molecular formula is C26H39N3O4. The van der Waals surface area contributed by atoms with Crippen molar-refractivity contribution in [1.29, 1.82) is 0 Å². The second-order valence-corrected chi connectivity index (χ2v) is 10.5. The Morgan fingerprint density at radius 2 is 1.88 bits per heavy atom. The Labute approximate surface area is 197 Å². The van der Waals surface area contributed by atoms with Crippen LogP contribution in [0.4, 0.5) is 5.82 Å². The van der Waals surface area contributed by atoms with E-state index in [4.69, 9.17) is 9.47 Å². The van der Waals surface area contributed by atoms with Gasteiger partial charge in [0.1, 0.15) is 17.4 Å². The molecule has 1 unspecified atom stereocenters. The van der Waals surface area contributed by atoms with Crippen LogP contribution >= 0.6 is 0 Å². The zero-order valence-corrected chi connectivity index (χ0v) is 19.8. The Bertz CT molecular complexity index is 803. The molecule has 0 aromatic carbocycles. The van der Waals surface area contributed by atoms with E-state index in [2.05, 4.69) is 14.8 Å². The third kappa shape index (κ3) is 5.87. The van der Waals surface area contributed by atoms with Gasteiger partial charge in [-0.2, -0.15) is 0 Å². The Balaban J connectivity index is 0.981. The molecule has 0 bridgehead atoms. The molecule has 2 atom stereocenters. The number of nitrogens with zero attached hydrogens (tertiary/aromatic N) is 3. The Hall–Kier alpha value is -1.70. The molecule has 3 fully saturated rings. The monoisotopic (exact) mass is 457 g/mol. The van der Waals surface area contributed by atoms with Crippen molar-refractivity contribution in [2.45, 2.75) is 70.0 Å². The van der Waals surface area contributed by atoms with E-state index in [-0.39, 0.29) is 12.2 Å². The first kappa shape index (κ1) is 23.1. The summed E-state index contributed by atoms with van der Waals surface area (Å²) in [6.07, 6.45) is 10.4. The van der Waals surface area contributed by atoms with Gasteiger partial charge in [0.15, 0.2) is 0 Å². The molecule has 5 rings (SSSR count). The van der Waals surface area contributed by atoms with Crippen molar-refractivity contribution in [3.63, 3.8) is 0 Å². The van der Waals surface area contributed by atoms with Gasteiger partial charge in [0.25, 0.3) is 0 Å². The summed E-state index contributed by atoms with van der Waals surface area (Å²) < 4.78 is 11.2. The maximum absolute atomic E-state index is 12.4. The van der Waals surface area contributed by atoms with Crippen molar-refractivity contribution in [2.24, 2.45) is 11.8 Å². The molecule has 33 heavy (non-hydrogen) atoms. The lowest BCUT2D eigenvalue weighted by molar-refractivity contribution is -0.122. The lowest BCUT2D eigenvalue weighted by Crippen LogP contribution is -2.47. The number of aromatic nitrogens is 1. The lowest BCUT2D eigenvalue weighted by Gasteiger charge is -2.37. The molecule has 7 nitrogen and oxygen atoms in total. The van der Waals surface area contributed by atoms with Crippen LogP contribution in [0.5, 0.6) is 5.75 Å². The number of hydrogen-bond donors (Lipinski definition) is 1. The maximum atomic E-state index is 12.4. The fraction of sp³-hybridized carbons (Fsp3) is 0.769. The van der Waals surface area contributed by atoms with Gasteiger partial charge < -0.3 is 19.5 Å². The quantitative estimate of drug-likeness (QED) is 0.643. The van der Waals surface area contributed by atoms with Crippen LogP contribution < -0.4 is 9.64 Å². The number of anilines is 1. The number of pyridine rings is 1. The first-order valence-electron chi connectivity index (χ1n) is 13.0. The van der Waals surface area contributed by atoms with Crippen LogP contribution in [-0.2, 0) is 16.0 Å². The minimum atomic E-state index is -0.383. The number of aliphatic hydroxyl groups excluding tert-OH is 1. The second-order valence-electron chi connectivity index (χ2n) is 10.5. The van der Waals surface area contributed by atoms with E-state index in [0.29, 0.717) is 37.6 Å². The summed E-state index contributed by atoms with van der Waals surface area (Å²) in [7, 11) is 0. The average Bonchev–Trinajstić information content (AvgIpc) is 3.47. The third-order valence-electron chi connectivity index (χ3n) is 8.12. The fourth-order valence-electron chi connectivity index (χ4n) is 6.13. The zero-order valence-electron chi connectivity index (χ0n) is 19.8. The predicted molar refractivity (Wildman–Crippen MR) is 127 cm³/mol. The van der Waals surface area contributed by atoms with Crippen LogP contribution in [0.1, 0.15) is 56.9 Å². The summed E-state index contributed by atoms with van der Waals surface area (Å²) in [5.41, 5.74) is 1.29. The van der Waals surface area contributed by atoms with Crippen molar-refractivity contribution in [2.75, 3.05) is 50.8 Å². The topological polar surface area (TPSA) is 75.1 Å². The molecule has 3 aliphatic heterocycles. The number of Topliss-reactive ketones (excluding diaryl/α,β-unsaturated/α-hetero) is 1. The number of aliphatic hydroxyl groups is 1. The molecule has 4 aliphatic rings. The molecule has 2 saturated heterocycles. The van der Waals surface area contributed by atoms with Crippen LogP contribution in [0.3, 0.4) is 0 Å². The zero-order chi connectivity index (χ0) is 22.6. The Kier molecular flexibility index (Phi) is 7.48. The fourth-order valence-corrected chi connectivity index (χ4v) is 6.13. The molecule has 1 N–H and O–H groups in total. The molecule has 7 heteroatoms. The van der Waals surface area contributed by atoms with E-state index in [1.54, 1.807) is 0 Å². The maximum Gasteiger partial charge on any atom is 0.135 e. The molecule has 0 radical (unpaired) electrons. The summed E-state index contributed by atoms with van der Waals surface area (Å²) >= 11 is 0. The SMILES string of the molecule is O=C(CC1CCC(CCN2CCN(c3nccc4c3CCO4)CC2)CC1)CC1C[C@H](O)CO1. The minimum absolute atomic E-state index is 0.0590. The molecule has 1 aromatic rings. The van der Waals surface area contributed by atoms with E-state index in [1.165, 1.54) is 44.2 Å². The molecule has 0 spiro atoms. The van der Waals surface area contributed by atoms with Gasteiger partial charge in [0.2, 0.25) is 0 Å². The Morgan fingerprint density at radius 3 is 2.64 bits per heavy atom. The highest BCUT2D eigenvalue weighted by atomic mass is 16.5. The minimum Gasteiger partial charge on any atom is -0.493 e. The van der Waals surface area contributed by atoms with Gasteiger partial charge in [-0.25, -0.2) is 4.98 Å². The van der Waals surface area contributed by atoms with Crippen LogP contribution in [0.25, 0.3) is 0 Å². The second kappa shape index (κ2) is 10.7. The summed E-state index contributed by atoms with van der Waals surface area (Å²) in [5, 5.41) is 9.56. The highest BCUT2D eigenvalue weighted by Crippen LogP contribution is 2.34. The standard InChI is InChI=1S/C26H39N3O4/c30-21(16-23-17-22(31)18-33-23)15-20-3-1-19(2-4-20)6-9-28-10-12-29(13-11-28)26-24-7-14-32-25(24)5-8-27-26/h5,8,19-20,22-23,31H,1-4,6-7,9-18H2/t19?,20?,22-,23?/m0/s1. The van der Waals surface area contributed by atoms with Gasteiger partial charge in [-0.05, 0) is 43.7 Å². The van der Waals surface area contributed by atoms with Gasteiger partial charge >= 0.3 is 0 Å². The van der Waals surface area contributed by atoms with Crippen LogP contribution in [0.2, 0.25) is 0 Å². The number of piperazine rings is 1. The first-order chi connectivity index (χ1) is 16.1. The van der Waals surface area contributed by atoms with Gasteiger partial charge in [-0.15, -0.1) is 0 Å². The number of rotatable bonds is 8. The van der Waals surface area contributed by atoms with Crippen LogP contribution in [0.15, 0.2) is 12.3 Å². The molecule has 182 valence electrons. The summed E-state index contributed by atoms with van der Waals surface area (Å²) in [5.74, 6) is 3.82. The molecule has 1 aliphatic carbocycles. The first-order valence-corrected chi connectivity index (χ1v) is 13.0. The molecule has 1 saturated carbocycles. The van der Waals surface area contributed by atoms with Gasteiger partial charge in [0, 0.05) is 63.6 Å². The summed E-state index contributed by atoms with van der Waals surface area (Å²) in [6, 6.07) is 1.99. The number of fused-ring (bicyclic) bond motifs is 1. The van der Waals surface area contributed by atoms with E-state index in [1.807, 2.05) is 12.3 Å². The summed E-state index contributed by atoms with van der Waals surface area (Å²) in [6.45, 7) is 6.65. The summed E-state index contributed by atoms with van der Waals surface area (Å²) in [4.78, 5) is 22.1. The number of carbonyl (C=O) groups is 1. The normalized spacial score (nSPS) is 30.3. The largest absolute Gasteiger partial charge is 0.493 e. The number of ketones is 1. The van der Waals surface area contributed by atoms with Gasteiger partial charge in [-0.3, -0.25) is 9.69 Å². The predicted octanol–water partition coefficient (Wildman–Crippen LogP) is 2.83. The van der Waals surface area contributed by atoms with Gasteiger partial charge in [-0.1, -0.05) is 12.8 Å². The average molecular weight is 458 g/mol. The molecule has 4 heterocycles. The van der Waals surface area contributed by atoms with Crippen molar-refractivity contribution in [3.8, 4) is 5.75 Å². The van der Waals surface area contributed by atoms with E-state index in [0.717, 1.165) is 56.7 Å². The van der Waals surface area contributed by atoms with E-state index >= 15 is 0 Å². The van der Waals surface area contributed by atoms with Crippen LogP contribution in [0, 0.1) is 11.8 Å². The van der Waals surface area contributed by atoms with Crippen molar-refractivity contribution < 1.29 is 19.4 Å². The number of carbonyl (C=O) groups excluding carboxylic acids is 1. The third-order valence-corrected chi connectivity index (χ3v) is 8.12. The van der Waals surface area contributed by atoms with Gasteiger partial charge in [0.05, 0.1) is 25.4 Å². The molecular weight excluding hydrogens is 418 g/mol. The molecule has 1 aromatic heterocycles. The van der Waals surface area contributed by atoms with Crippen LogP contribution in [-0.4, -0.2) is 78.9 Å².